The van der Waals surface area contributed by atoms with Crippen LogP contribution in [0.1, 0.15) is 12.5 Å². The van der Waals surface area contributed by atoms with Crippen LogP contribution in [0.4, 0.5) is 11.4 Å². The lowest BCUT2D eigenvalue weighted by atomic mass is 10.2. The molecule has 0 aromatic heterocycles. The molecule has 6 heteroatoms. The molecule has 1 rings (SSSR count). The van der Waals surface area contributed by atoms with Crippen LogP contribution < -0.4 is 5.32 Å². The molecule has 0 spiro atoms. The number of hydrogen-bond acceptors (Lipinski definition) is 3. The van der Waals surface area contributed by atoms with Crippen LogP contribution in [0.15, 0.2) is 18.2 Å². The molecule has 1 aromatic rings. The van der Waals surface area contributed by atoms with Gasteiger partial charge < -0.3 is 5.32 Å². The molecule has 1 amide bonds. The molecule has 86 valence electrons. The monoisotopic (exact) mass is 242 g/mol. The Hall–Kier alpha value is -1.62. The normalized spacial score (nSPS) is 11.9. The fraction of sp³-hybridized carbons (Fsp3) is 0.300. The van der Waals surface area contributed by atoms with E-state index in [9.17, 15) is 14.9 Å². The first-order chi connectivity index (χ1) is 7.41. The Kier molecular flexibility index (Phi) is 3.84. The molecule has 5 nitrogen and oxygen atoms in total. The van der Waals surface area contributed by atoms with E-state index in [-0.39, 0.29) is 11.6 Å². The number of carbonyl (C=O) groups excluding carboxylic acids is 1. The number of amides is 1. The molecule has 1 N–H and O–H groups in total. The molecule has 0 heterocycles. The number of benzene rings is 1. The first kappa shape index (κ1) is 12.4. The van der Waals surface area contributed by atoms with Crippen molar-refractivity contribution in [3.8, 4) is 0 Å². The number of halogens is 1. The fourth-order valence-electron chi connectivity index (χ4n) is 1.13. The second kappa shape index (κ2) is 4.94. The van der Waals surface area contributed by atoms with Crippen molar-refractivity contribution in [1.29, 1.82) is 0 Å². The predicted molar refractivity (Wildman–Crippen MR) is 61.8 cm³/mol. The van der Waals surface area contributed by atoms with E-state index in [1.165, 1.54) is 13.0 Å². The zero-order valence-electron chi connectivity index (χ0n) is 8.86. The summed E-state index contributed by atoms with van der Waals surface area (Å²) >= 11 is 5.57. The fourth-order valence-corrected chi connectivity index (χ4v) is 1.18. The van der Waals surface area contributed by atoms with Crippen molar-refractivity contribution in [1.82, 2.24) is 0 Å². The number of anilines is 1. The molecular weight excluding hydrogens is 232 g/mol. The van der Waals surface area contributed by atoms with Crippen molar-refractivity contribution in [3.05, 3.63) is 33.9 Å². The van der Waals surface area contributed by atoms with E-state index in [1.807, 2.05) is 0 Å². The van der Waals surface area contributed by atoms with Crippen molar-refractivity contribution in [2.75, 3.05) is 5.32 Å². The van der Waals surface area contributed by atoms with Crippen LogP contribution in [0, 0.1) is 17.0 Å². The summed E-state index contributed by atoms with van der Waals surface area (Å²) in [5, 5.41) is 12.5. The van der Waals surface area contributed by atoms with Gasteiger partial charge in [-0.3, -0.25) is 14.9 Å². The zero-order chi connectivity index (χ0) is 12.3. The van der Waals surface area contributed by atoms with Gasteiger partial charge in [-0.1, -0.05) is 6.07 Å². The molecular formula is C10H11ClN2O3. The Morgan fingerprint density at radius 3 is 2.69 bits per heavy atom. The van der Waals surface area contributed by atoms with Crippen molar-refractivity contribution in [2.24, 2.45) is 0 Å². The van der Waals surface area contributed by atoms with E-state index in [0.29, 0.717) is 11.3 Å². The lowest BCUT2D eigenvalue weighted by molar-refractivity contribution is -0.385. The topological polar surface area (TPSA) is 72.2 Å². The molecule has 0 saturated carbocycles. The molecule has 0 aliphatic carbocycles. The van der Waals surface area contributed by atoms with Crippen molar-refractivity contribution >= 4 is 28.9 Å². The van der Waals surface area contributed by atoms with E-state index in [4.69, 9.17) is 11.6 Å². The maximum Gasteiger partial charge on any atom is 0.274 e. The van der Waals surface area contributed by atoms with Gasteiger partial charge in [0.05, 0.1) is 4.92 Å². The van der Waals surface area contributed by atoms with Gasteiger partial charge in [0.1, 0.15) is 5.38 Å². The molecule has 16 heavy (non-hydrogen) atoms. The second-order valence-corrected chi connectivity index (χ2v) is 4.02. The number of hydrogen-bond donors (Lipinski definition) is 1. The zero-order valence-corrected chi connectivity index (χ0v) is 9.62. The Morgan fingerprint density at radius 1 is 1.56 bits per heavy atom. The van der Waals surface area contributed by atoms with E-state index in [2.05, 4.69) is 5.32 Å². The van der Waals surface area contributed by atoms with Gasteiger partial charge in [-0.05, 0) is 19.9 Å². The smallest absolute Gasteiger partial charge is 0.274 e. The number of alkyl halides is 1. The molecule has 0 saturated heterocycles. The predicted octanol–water partition coefficient (Wildman–Crippen LogP) is 2.47. The highest BCUT2D eigenvalue weighted by molar-refractivity contribution is 6.32. The Bertz CT molecular complexity index is 432. The van der Waals surface area contributed by atoms with Crippen LogP contribution in [-0.2, 0) is 4.79 Å². The summed E-state index contributed by atoms with van der Waals surface area (Å²) in [6.45, 7) is 3.16. The number of aryl methyl sites for hydroxylation is 1. The number of nitro benzene ring substituents is 1. The molecule has 0 fully saturated rings. The van der Waals surface area contributed by atoms with Crippen LogP contribution in [0.3, 0.4) is 0 Å². The van der Waals surface area contributed by atoms with Gasteiger partial charge in [0.25, 0.3) is 5.69 Å². The van der Waals surface area contributed by atoms with Crippen LogP contribution in [0.5, 0.6) is 0 Å². The number of carbonyl (C=O) groups is 1. The third kappa shape index (κ3) is 2.93. The Labute approximate surface area is 97.6 Å². The van der Waals surface area contributed by atoms with Gasteiger partial charge in [-0.25, -0.2) is 0 Å². The number of nitrogens with one attached hydrogen (secondary N) is 1. The summed E-state index contributed by atoms with van der Waals surface area (Å²) < 4.78 is 0. The van der Waals surface area contributed by atoms with Crippen molar-refractivity contribution < 1.29 is 9.72 Å². The maximum atomic E-state index is 11.3. The van der Waals surface area contributed by atoms with Crippen LogP contribution in [-0.4, -0.2) is 16.2 Å². The molecule has 1 aromatic carbocycles. The number of nitrogens with zero attached hydrogens (tertiary/aromatic N) is 1. The molecule has 0 aliphatic rings. The minimum absolute atomic E-state index is 0.0278. The average Bonchev–Trinajstić information content (AvgIpc) is 2.20. The largest absolute Gasteiger partial charge is 0.325 e. The molecule has 1 unspecified atom stereocenters. The molecule has 0 bridgehead atoms. The highest BCUT2D eigenvalue weighted by Crippen LogP contribution is 2.22. The van der Waals surface area contributed by atoms with Gasteiger partial charge in [-0.15, -0.1) is 11.6 Å². The van der Waals surface area contributed by atoms with E-state index in [1.54, 1.807) is 19.1 Å². The summed E-state index contributed by atoms with van der Waals surface area (Å²) in [6.07, 6.45) is 0. The number of nitro groups is 1. The van der Waals surface area contributed by atoms with Crippen LogP contribution in [0.2, 0.25) is 0 Å². The minimum Gasteiger partial charge on any atom is -0.325 e. The average molecular weight is 243 g/mol. The SMILES string of the molecule is Cc1ccc(NC(=O)C(C)Cl)cc1[N+](=O)[O-]. The highest BCUT2D eigenvalue weighted by Gasteiger charge is 2.14. The van der Waals surface area contributed by atoms with E-state index in [0.717, 1.165) is 0 Å². The third-order valence-corrected chi connectivity index (χ3v) is 2.23. The first-order valence-electron chi connectivity index (χ1n) is 4.62. The summed E-state index contributed by atoms with van der Waals surface area (Å²) in [5.74, 6) is -0.389. The summed E-state index contributed by atoms with van der Waals surface area (Å²) in [6, 6.07) is 4.48. The van der Waals surface area contributed by atoms with Crippen molar-refractivity contribution in [3.63, 3.8) is 0 Å². The van der Waals surface area contributed by atoms with E-state index < -0.39 is 10.3 Å². The van der Waals surface area contributed by atoms with E-state index >= 15 is 0 Å². The lowest BCUT2D eigenvalue weighted by Crippen LogP contribution is -2.20. The maximum absolute atomic E-state index is 11.3. The molecule has 0 aliphatic heterocycles. The van der Waals surface area contributed by atoms with Crippen molar-refractivity contribution in [2.45, 2.75) is 19.2 Å². The summed E-state index contributed by atoms with van der Waals surface area (Å²) in [7, 11) is 0. The molecule has 1 atom stereocenters. The quantitative estimate of drug-likeness (QED) is 0.503. The second-order valence-electron chi connectivity index (χ2n) is 3.36. The minimum atomic E-state index is -0.680. The van der Waals surface area contributed by atoms with Gasteiger partial charge >= 0.3 is 0 Å². The van der Waals surface area contributed by atoms with Crippen LogP contribution in [0.25, 0.3) is 0 Å². The standard InChI is InChI=1S/C10H11ClN2O3/c1-6-3-4-8(5-9(6)13(15)16)12-10(14)7(2)11/h3-5,7H,1-2H3,(H,12,14). The molecule has 0 radical (unpaired) electrons. The highest BCUT2D eigenvalue weighted by atomic mass is 35.5. The summed E-state index contributed by atoms with van der Waals surface area (Å²) in [4.78, 5) is 21.4. The van der Waals surface area contributed by atoms with Crippen LogP contribution >= 0.6 is 11.6 Å². The Balaban J connectivity index is 2.95. The lowest BCUT2D eigenvalue weighted by Gasteiger charge is -2.06. The summed E-state index contributed by atoms with van der Waals surface area (Å²) in [5.41, 5.74) is 0.886. The van der Waals surface area contributed by atoms with Gasteiger partial charge in [0, 0.05) is 17.3 Å². The number of rotatable bonds is 3. The first-order valence-corrected chi connectivity index (χ1v) is 5.05. The van der Waals surface area contributed by atoms with Gasteiger partial charge in [-0.2, -0.15) is 0 Å². The van der Waals surface area contributed by atoms with Gasteiger partial charge in [0.2, 0.25) is 5.91 Å². The Morgan fingerprint density at radius 2 is 2.19 bits per heavy atom. The van der Waals surface area contributed by atoms with Gasteiger partial charge in [0.15, 0.2) is 0 Å². The third-order valence-electron chi connectivity index (χ3n) is 2.03.